The molecule has 3 rings (SSSR count). The first-order valence-electron chi connectivity index (χ1n) is 8.76. The van der Waals surface area contributed by atoms with Crippen molar-refractivity contribution in [3.05, 3.63) is 24.3 Å². The van der Waals surface area contributed by atoms with Crippen molar-refractivity contribution in [1.82, 2.24) is 15.5 Å². The van der Waals surface area contributed by atoms with Gasteiger partial charge in [0.1, 0.15) is 12.7 Å². The first-order valence-corrected chi connectivity index (χ1v) is 8.76. The Bertz CT molecular complexity index is 562. The van der Waals surface area contributed by atoms with Gasteiger partial charge < -0.3 is 25.0 Å². The monoisotopic (exact) mass is 460 g/mol. The minimum Gasteiger partial charge on any atom is -0.486 e. The number of benzene rings is 1. The number of halogens is 1. The molecule has 1 aromatic rings. The number of nitrogens with one attached hydrogen (secondary N) is 2. The van der Waals surface area contributed by atoms with Gasteiger partial charge in [0, 0.05) is 13.6 Å². The summed E-state index contributed by atoms with van der Waals surface area (Å²) in [4.78, 5) is 6.69. The number of nitrogens with zero attached hydrogens (tertiary/aromatic N) is 2. The Labute approximate surface area is 167 Å². The van der Waals surface area contributed by atoms with E-state index in [1.54, 1.807) is 7.05 Å². The lowest BCUT2D eigenvalue weighted by Crippen LogP contribution is -2.47. The zero-order valence-electron chi connectivity index (χ0n) is 15.0. The molecule has 2 aliphatic heterocycles. The van der Waals surface area contributed by atoms with E-state index in [1.807, 2.05) is 24.3 Å². The highest BCUT2D eigenvalue weighted by Crippen LogP contribution is 2.30. The van der Waals surface area contributed by atoms with Crippen molar-refractivity contribution in [1.29, 1.82) is 0 Å². The number of aliphatic imine (C=N–C) groups is 1. The summed E-state index contributed by atoms with van der Waals surface area (Å²) in [5.74, 6) is 3.18. The predicted molar refractivity (Wildman–Crippen MR) is 111 cm³/mol. The number of hydrogen-bond acceptors (Lipinski definition) is 4. The molecule has 2 aliphatic rings. The largest absolute Gasteiger partial charge is 0.486 e. The van der Waals surface area contributed by atoms with Gasteiger partial charge in [-0.25, -0.2) is 0 Å². The van der Waals surface area contributed by atoms with Crippen LogP contribution >= 0.6 is 24.0 Å². The minimum absolute atomic E-state index is 0. The number of fused-ring (bicyclic) bond motifs is 1. The lowest BCUT2D eigenvalue weighted by molar-refractivity contribution is 0.0936. The molecule has 0 radical (unpaired) electrons. The lowest BCUT2D eigenvalue weighted by atomic mass is 9.97. The Morgan fingerprint density at radius 1 is 1.16 bits per heavy atom. The highest BCUT2D eigenvalue weighted by Gasteiger charge is 2.21. The smallest absolute Gasteiger partial charge is 0.191 e. The van der Waals surface area contributed by atoms with E-state index in [9.17, 15) is 0 Å². The number of hydrogen-bond donors (Lipinski definition) is 2. The van der Waals surface area contributed by atoms with Gasteiger partial charge in [-0.2, -0.15) is 0 Å². The number of para-hydroxylation sites is 2. The van der Waals surface area contributed by atoms with Crippen molar-refractivity contribution in [3.63, 3.8) is 0 Å². The van der Waals surface area contributed by atoms with Crippen molar-refractivity contribution in [2.24, 2.45) is 10.9 Å². The van der Waals surface area contributed by atoms with Crippen LogP contribution in [0.25, 0.3) is 0 Å². The maximum atomic E-state index is 5.96. The molecule has 0 spiro atoms. The highest BCUT2D eigenvalue weighted by atomic mass is 127. The Hall–Kier alpha value is -1.22. The maximum Gasteiger partial charge on any atom is 0.191 e. The average Bonchev–Trinajstić information content (AvgIpc) is 2.63. The molecule has 1 atom stereocenters. The molecule has 2 N–H and O–H groups in total. The molecule has 2 heterocycles. The fourth-order valence-corrected chi connectivity index (χ4v) is 3.10. The third kappa shape index (κ3) is 5.91. The third-order valence-corrected chi connectivity index (χ3v) is 4.68. The van der Waals surface area contributed by atoms with E-state index in [2.05, 4.69) is 27.6 Å². The summed E-state index contributed by atoms with van der Waals surface area (Å²) in [6.45, 7) is 4.56. The van der Waals surface area contributed by atoms with Gasteiger partial charge in [0.15, 0.2) is 17.5 Å². The maximum absolute atomic E-state index is 5.96. The summed E-state index contributed by atoms with van der Waals surface area (Å²) in [7, 11) is 3.99. The quantitative estimate of drug-likeness (QED) is 0.409. The number of piperidine rings is 1. The second-order valence-corrected chi connectivity index (χ2v) is 6.58. The van der Waals surface area contributed by atoms with E-state index < -0.39 is 0 Å². The molecule has 7 heteroatoms. The van der Waals surface area contributed by atoms with Crippen LogP contribution in [-0.2, 0) is 0 Å². The summed E-state index contributed by atoms with van der Waals surface area (Å²) < 4.78 is 11.7. The van der Waals surface area contributed by atoms with Crippen LogP contribution in [0.5, 0.6) is 11.5 Å². The molecule has 140 valence electrons. The summed E-state index contributed by atoms with van der Waals surface area (Å²) in [6, 6.07) is 7.78. The number of guanidine groups is 1. The van der Waals surface area contributed by atoms with Crippen molar-refractivity contribution in [2.45, 2.75) is 18.9 Å². The molecule has 1 saturated heterocycles. The first kappa shape index (κ1) is 20.1. The molecule has 6 nitrogen and oxygen atoms in total. The van der Waals surface area contributed by atoms with E-state index in [1.165, 1.54) is 25.9 Å². The molecule has 1 fully saturated rings. The van der Waals surface area contributed by atoms with Crippen molar-refractivity contribution in [3.8, 4) is 11.5 Å². The molecule has 0 aromatic heterocycles. The van der Waals surface area contributed by atoms with Gasteiger partial charge in [-0.3, -0.25) is 4.99 Å². The molecular formula is C18H29IN4O2. The van der Waals surface area contributed by atoms with Gasteiger partial charge in [-0.1, -0.05) is 12.1 Å². The molecule has 1 aromatic carbocycles. The van der Waals surface area contributed by atoms with Crippen molar-refractivity contribution >= 4 is 29.9 Å². The number of ether oxygens (including phenoxy) is 2. The Balaban J connectivity index is 0.00000225. The Morgan fingerprint density at radius 3 is 2.56 bits per heavy atom. The molecule has 1 unspecified atom stereocenters. The number of likely N-dealkylation sites (tertiary alicyclic amines) is 1. The average molecular weight is 460 g/mol. The standard InChI is InChI=1S/C18H28N4O2.HI/c1-19-18(20-11-14-7-9-22(2)10-8-14)21-12-15-13-23-16-5-3-4-6-17(16)24-15;/h3-6,14-15H,7-13H2,1-2H3,(H2,19,20,21);1H. The topological polar surface area (TPSA) is 58.1 Å². The van der Waals surface area contributed by atoms with Crippen LogP contribution in [0.3, 0.4) is 0 Å². The predicted octanol–water partition coefficient (Wildman–Crippen LogP) is 1.95. The zero-order valence-corrected chi connectivity index (χ0v) is 17.4. The summed E-state index contributed by atoms with van der Waals surface area (Å²) >= 11 is 0. The van der Waals surface area contributed by atoms with Crippen LogP contribution in [-0.4, -0.2) is 63.8 Å². The van der Waals surface area contributed by atoms with Crippen LogP contribution < -0.4 is 20.1 Å². The number of rotatable bonds is 4. The summed E-state index contributed by atoms with van der Waals surface area (Å²) in [6.07, 6.45) is 2.48. The van der Waals surface area contributed by atoms with Crippen LogP contribution in [0, 0.1) is 5.92 Å². The van der Waals surface area contributed by atoms with Gasteiger partial charge >= 0.3 is 0 Å². The molecule has 25 heavy (non-hydrogen) atoms. The van der Waals surface area contributed by atoms with Crippen LogP contribution in [0.2, 0.25) is 0 Å². The first-order chi connectivity index (χ1) is 11.7. The second-order valence-electron chi connectivity index (χ2n) is 6.58. The zero-order chi connectivity index (χ0) is 16.8. The van der Waals surface area contributed by atoms with E-state index >= 15 is 0 Å². The normalized spacial score (nSPS) is 21.4. The van der Waals surface area contributed by atoms with Crippen molar-refractivity contribution in [2.75, 3.05) is 46.9 Å². The SMILES string of the molecule is CN=C(NCC1CCN(C)CC1)NCC1COc2ccccc2O1.I. The molecule has 0 bridgehead atoms. The van der Waals surface area contributed by atoms with E-state index in [-0.39, 0.29) is 30.1 Å². The Morgan fingerprint density at radius 2 is 1.84 bits per heavy atom. The minimum atomic E-state index is -0.0122. The fourth-order valence-electron chi connectivity index (χ4n) is 3.10. The van der Waals surface area contributed by atoms with E-state index in [4.69, 9.17) is 9.47 Å². The van der Waals surface area contributed by atoms with E-state index in [0.717, 1.165) is 29.9 Å². The van der Waals surface area contributed by atoms with Gasteiger partial charge in [0.05, 0.1) is 6.54 Å². The highest BCUT2D eigenvalue weighted by molar-refractivity contribution is 14.0. The van der Waals surface area contributed by atoms with Crippen LogP contribution in [0.15, 0.2) is 29.3 Å². The van der Waals surface area contributed by atoms with E-state index in [0.29, 0.717) is 13.2 Å². The summed E-state index contributed by atoms with van der Waals surface area (Å²) in [5, 5.41) is 6.78. The summed E-state index contributed by atoms with van der Waals surface area (Å²) in [5.41, 5.74) is 0. The molecule has 0 aliphatic carbocycles. The Kier molecular flexibility index (Phi) is 8.08. The molecule has 0 saturated carbocycles. The molecular weight excluding hydrogens is 431 g/mol. The van der Waals surface area contributed by atoms with Gasteiger partial charge in [-0.05, 0) is 51.0 Å². The fraction of sp³-hybridized carbons (Fsp3) is 0.611. The van der Waals surface area contributed by atoms with Crippen LogP contribution in [0.4, 0.5) is 0 Å². The van der Waals surface area contributed by atoms with Gasteiger partial charge in [0.25, 0.3) is 0 Å². The second kappa shape index (κ2) is 10.1. The van der Waals surface area contributed by atoms with Crippen LogP contribution in [0.1, 0.15) is 12.8 Å². The van der Waals surface area contributed by atoms with Gasteiger partial charge in [-0.15, -0.1) is 24.0 Å². The lowest BCUT2D eigenvalue weighted by Gasteiger charge is -2.30. The molecule has 0 amide bonds. The third-order valence-electron chi connectivity index (χ3n) is 4.68. The van der Waals surface area contributed by atoms with Gasteiger partial charge in [0.2, 0.25) is 0 Å². The van der Waals surface area contributed by atoms with Crippen molar-refractivity contribution < 1.29 is 9.47 Å².